The van der Waals surface area contributed by atoms with Crippen molar-refractivity contribution in [3.8, 4) is 5.75 Å². The Hall–Kier alpha value is -4.59. The lowest BCUT2D eigenvalue weighted by Gasteiger charge is -2.30. The van der Waals surface area contributed by atoms with E-state index in [1.807, 2.05) is 62.4 Å². The predicted octanol–water partition coefficient (Wildman–Crippen LogP) is 5.47. The van der Waals surface area contributed by atoms with Crippen LogP contribution in [0.1, 0.15) is 47.9 Å². The summed E-state index contributed by atoms with van der Waals surface area (Å²) < 4.78 is 6.28. The van der Waals surface area contributed by atoms with Crippen molar-refractivity contribution in [2.75, 3.05) is 5.32 Å². The number of carbonyl (C=O) groups excluding carboxylic acids is 2. The number of hydrogen-bond donors (Lipinski definition) is 4. The van der Waals surface area contributed by atoms with E-state index >= 15 is 0 Å². The minimum Gasteiger partial charge on any atom is -0.480 e. The van der Waals surface area contributed by atoms with Crippen LogP contribution < -0.4 is 15.4 Å². The monoisotopic (exact) mass is 553 g/mol. The first kappa shape index (κ1) is 28.0. The molecule has 1 atom stereocenters. The molecule has 4 aromatic rings. The summed E-state index contributed by atoms with van der Waals surface area (Å²) in [6, 6.07) is 19.6. The minimum absolute atomic E-state index is 0.120. The summed E-state index contributed by atoms with van der Waals surface area (Å²) in [5.41, 5.74) is 4.35. The zero-order valence-corrected chi connectivity index (χ0v) is 23.3. The number of aromatic amines is 1. The van der Waals surface area contributed by atoms with Gasteiger partial charge in [-0.1, -0.05) is 36.4 Å². The largest absolute Gasteiger partial charge is 0.480 e. The van der Waals surface area contributed by atoms with Gasteiger partial charge in [0.15, 0.2) is 5.60 Å². The van der Waals surface area contributed by atoms with Crippen LogP contribution in [0.4, 0.5) is 5.69 Å². The van der Waals surface area contributed by atoms with E-state index < -0.39 is 23.5 Å². The fourth-order valence-electron chi connectivity index (χ4n) is 5.67. The fraction of sp³-hybridized carbons (Fsp3) is 0.303. The van der Waals surface area contributed by atoms with Crippen molar-refractivity contribution in [3.63, 3.8) is 0 Å². The highest BCUT2D eigenvalue weighted by molar-refractivity contribution is 5.93. The Bertz CT molecular complexity index is 1550. The maximum absolute atomic E-state index is 13.6. The fourth-order valence-corrected chi connectivity index (χ4v) is 5.67. The van der Waals surface area contributed by atoms with Crippen LogP contribution in [0.15, 0.2) is 72.9 Å². The molecule has 0 aliphatic heterocycles. The van der Waals surface area contributed by atoms with E-state index in [-0.39, 0.29) is 18.7 Å². The Balaban J connectivity index is 1.24. The number of H-pyrrole nitrogens is 1. The molecule has 1 aliphatic rings. The van der Waals surface area contributed by atoms with Gasteiger partial charge in [-0.05, 0) is 92.1 Å². The second kappa shape index (κ2) is 11.9. The van der Waals surface area contributed by atoms with Crippen molar-refractivity contribution in [2.45, 2.75) is 64.0 Å². The van der Waals surface area contributed by atoms with E-state index in [2.05, 4.69) is 21.7 Å². The number of para-hydroxylation sites is 1. The number of hydrogen-bond acceptors (Lipinski definition) is 4. The Kier molecular flexibility index (Phi) is 8.10. The van der Waals surface area contributed by atoms with Crippen LogP contribution in [0.25, 0.3) is 10.9 Å². The molecule has 1 heterocycles. The summed E-state index contributed by atoms with van der Waals surface area (Å²) in [6.07, 6.45) is 4.76. The lowest BCUT2D eigenvalue weighted by Crippen LogP contribution is -2.54. The molecule has 4 N–H and O–H groups in total. The molecule has 0 bridgehead atoms. The molecule has 0 unspecified atom stereocenters. The third kappa shape index (κ3) is 6.60. The number of carboxylic acids is 1. The van der Waals surface area contributed by atoms with Gasteiger partial charge in [0, 0.05) is 29.2 Å². The molecule has 0 radical (unpaired) electrons. The van der Waals surface area contributed by atoms with Crippen LogP contribution in [0.2, 0.25) is 0 Å². The maximum Gasteiger partial charge on any atom is 0.326 e. The van der Waals surface area contributed by atoms with Crippen LogP contribution in [0.5, 0.6) is 5.75 Å². The minimum atomic E-state index is -1.14. The molecule has 1 saturated carbocycles. The number of nitrogens with one attached hydrogen (secondary N) is 3. The molecule has 8 heteroatoms. The van der Waals surface area contributed by atoms with Crippen molar-refractivity contribution in [1.29, 1.82) is 0 Å². The zero-order valence-electron chi connectivity index (χ0n) is 23.3. The first-order valence-electron chi connectivity index (χ1n) is 14.0. The van der Waals surface area contributed by atoms with Crippen LogP contribution in [-0.2, 0) is 27.2 Å². The highest BCUT2D eigenvalue weighted by atomic mass is 16.5. The molecule has 41 heavy (non-hydrogen) atoms. The molecule has 0 saturated heterocycles. The van der Waals surface area contributed by atoms with Gasteiger partial charge in [0.1, 0.15) is 11.8 Å². The first-order valence-corrected chi connectivity index (χ1v) is 14.0. The van der Waals surface area contributed by atoms with Gasteiger partial charge in [0.25, 0.3) is 5.91 Å². The third-order valence-electron chi connectivity index (χ3n) is 7.63. The molecule has 2 amide bonds. The Morgan fingerprint density at radius 3 is 2.34 bits per heavy atom. The molecule has 1 fully saturated rings. The Morgan fingerprint density at radius 1 is 0.976 bits per heavy atom. The number of amides is 2. The highest BCUT2D eigenvalue weighted by Crippen LogP contribution is 2.35. The topological polar surface area (TPSA) is 121 Å². The third-order valence-corrected chi connectivity index (χ3v) is 7.63. The predicted molar refractivity (Wildman–Crippen MR) is 158 cm³/mol. The molecule has 8 nitrogen and oxygen atoms in total. The quantitative estimate of drug-likeness (QED) is 0.208. The van der Waals surface area contributed by atoms with Crippen LogP contribution in [-0.4, -0.2) is 39.5 Å². The van der Waals surface area contributed by atoms with Crippen molar-refractivity contribution in [2.24, 2.45) is 0 Å². The summed E-state index contributed by atoms with van der Waals surface area (Å²) >= 11 is 0. The van der Waals surface area contributed by atoms with E-state index in [1.54, 1.807) is 18.3 Å². The smallest absolute Gasteiger partial charge is 0.326 e. The average molecular weight is 554 g/mol. The lowest BCUT2D eigenvalue weighted by molar-refractivity contribution is -0.145. The molecule has 5 rings (SSSR count). The number of carboxylic acid groups (broad SMARTS) is 1. The normalized spacial score (nSPS) is 14.9. The van der Waals surface area contributed by atoms with E-state index in [1.165, 1.54) is 0 Å². The summed E-state index contributed by atoms with van der Waals surface area (Å²) in [6.45, 7) is 3.98. The number of benzene rings is 3. The number of anilines is 1. The SMILES string of the molecule is Cc1cc(C)cc(NC(=O)Cc2ccc(OC3(C(=O)N[C@@H](Cc4c[nH]c5ccccc45)C(=O)O)CCCC3)cc2)c1. The van der Waals surface area contributed by atoms with Gasteiger partial charge in [-0.15, -0.1) is 0 Å². The molecule has 3 aromatic carbocycles. The van der Waals surface area contributed by atoms with Crippen molar-refractivity contribution in [3.05, 3.63) is 95.2 Å². The first-order chi connectivity index (χ1) is 19.7. The highest BCUT2D eigenvalue weighted by Gasteiger charge is 2.45. The molecule has 1 aromatic heterocycles. The van der Waals surface area contributed by atoms with E-state index in [9.17, 15) is 19.5 Å². The Labute approximate surface area is 239 Å². The second-order valence-electron chi connectivity index (χ2n) is 11.0. The van der Waals surface area contributed by atoms with Gasteiger partial charge in [0.2, 0.25) is 5.91 Å². The van der Waals surface area contributed by atoms with Gasteiger partial charge in [-0.3, -0.25) is 9.59 Å². The van der Waals surface area contributed by atoms with Crippen molar-refractivity contribution < 1.29 is 24.2 Å². The summed E-state index contributed by atoms with van der Waals surface area (Å²) in [7, 11) is 0. The number of aromatic nitrogens is 1. The summed E-state index contributed by atoms with van der Waals surface area (Å²) in [4.78, 5) is 41.5. The number of rotatable bonds is 10. The Morgan fingerprint density at radius 2 is 1.66 bits per heavy atom. The molecule has 0 spiro atoms. The average Bonchev–Trinajstić information content (AvgIpc) is 3.57. The number of carbonyl (C=O) groups is 3. The van der Waals surface area contributed by atoms with Crippen LogP contribution in [0, 0.1) is 13.8 Å². The van der Waals surface area contributed by atoms with Gasteiger partial charge < -0.3 is 25.5 Å². The molecule has 1 aliphatic carbocycles. The van der Waals surface area contributed by atoms with Gasteiger partial charge in [0.05, 0.1) is 6.42 Å². The van der Waals surface area contributed by atoms with E-state index in [4.69, 9.17) is 4.74 Å². The molecule has 212 valence electrons. The summed E-state index contributed by atoms with van der Waals surface area (Å²) in [5, 5.41) is 16.6. The van der Waals surface area contributed by atoms with E-state index in [0.717, 1.165) is 51.7 Å². The molecular formula is C33H35N3O5. The van der Waals surface area contributed by atoms with Gasteiger partial charge in [-0.2, -0.15) is 0 Å². The number of aryl methyl sites for hydroxylation is 2. The maximum atomic E-state index is 13.6. The van der Waals surface area contributed by atoms with Crippen LogP contribution >= 0.6 is 0 Å². The lowest BCUT2D eigenvalue weighted by atomic mass is 9.98. The number of ether oxygens (including phenoxy) is 1. The van der Waals surface area contributed by atoms with Crippen LogP contribution in [0.3, 0.4) is 0 Å². The number of aliphatic carboxylic acids is 1. The zero-order chi connectivity index (χ0) is 29.0. The second-order valence-corrected chi connectivity index (χ2v) is 11.0. The van der Waals surface area contributed by atoms with Gasteiger partial charge in [-0.25, -0.2) is 4.79 Å². The summed E-state index contributed by atoms with van der Waals surface area (Å²) in [5.74, 6) is -1.13. The molecular weight excluding hydrogens is 518 g/mol. The van der Waals surface area contributed by atoms with Crippen molar-refractivity contribution in [1.82, 2.24) is 10.3 Å². The number of fused-ring (bicyclic) bond motifs is 1. The van der Waals surface area contributed by atoms with Crippen molar-refractivity contribution >= 4 is 34.4 Å². The standard InChI is InChI=1S/C33H35N3O5/c1-21-15-22(2)17-25(16-21)35-30(37)18-23-9-11-26(12-10-23)41-33(13-5-6-14-33)32(40)36-29(31(38)39)19-24-20-34-28-8-4-3-7-27(24)28/h3-4,7-12,15-17,20,29,34H,5-6,13-14,18-19H2,1-2H3,(H,35,37)(H,36,40)(H,38,39)/t29-/m0/s1. The van der Waals surface area contributed by atoms with Gasteiger partial charge >= 0.3 is 5.97 Å². The van der Waals surface area contributed by atoms with E-state index in [0.29, 0.717) is 18.6 Å².